The van der Waals surface area contributed by atoms with Gasteiger partial charge in [-0.15, -0.1) is 0 Å². The molecule has 0 atom stereocenters. The summed E-state index contributed by atoms with van der Waals surface area (Å²) in [5.74, 6) is -0.863. The average molecular weight is 388 g/mol. The Hall–Kier alpha value is -2.86. The Morgan fingerprint density at radius 1 is 1.00 bits per heavy atom. The Morgan fingerprint density at radius 2 is 1.63 bits per heavy atom. The number of carbonyl (C=O) groups excluding carboxylic acids is 3. The van der Waals surface area contributed by atoms with Crippen molar-refractivity contribution < 1.29 is 14.4 Å². The Labute approximate surface area is 163 Å². The minimum absolute atomic E-state index is 0.177. The highest BCUT2D eigenvalue weighted by Crippen LogP contribution is 2.31. The van der Waals surface area contributed by atoms with Crippen LogP contribution in [0.4, 0.5) is 17.1 Å². The molecular formula is C20H22ClN3O3. The van der Waals surface area contributed by atoms with E-state index in [4.69, 9.17) is 11.6 Å². The summed E-state index contributed by atoms with van der Waals surface area (Å²) < 4.78 is 0. The maximum atomic E-state index is 12.5. The van der Waals surface area contributed by atoms with E-state index >= 15 is 0 Å². The second kappa shape index (κ2) is 8.68. The molecule has 2 rings (SSSR count). The summed E-state index contributed by atoms with van der Waals surface area (Å²) in [6.45, 7) is 6.38. The summed E-state index contributed by atoms with van der Waals surface area (Å²) in [7, 11) is 0. The van der Waals surface area contributed by atoms with Crippen molar-refractivity contribution >= 4 is 46.4 Å². The van der Waals surface area contributed by atoms with Crippen LogP contribution in [0.3, 0.4) is 0 Å². The zero-order chi connectivity index (χ0) is 20.1. The van der Waals surface area contributed by atoms with E-state index in [2.05, 4.69) is 10.6 Å². The zero-order valence-corrected chi connectivity index (χ0v) is 16.5. The molecular weight excluding hydrogens is 366 g/mol. The molecule has 0 aliphatic carbocycles. The number of amides is 3. The van der Waals surface area contributed by atoms with Crippen molar-refractivity contribution in [1.29, 1.82) is 0 Å². The van der Waals surface area contributed by atoms with Crippen molar-refractivity contribution in [1.82, 2.24) is 0 Å². The first-order valence-electron chi connectivity index (χ1n) is 8.39. The molecule has 27 heavy (non-hydrogen) atoms. The molecule has 0 spiro atoms. The molecule has 0 radical (unpaired) electrons. The van der Waals surface area contributed by atoms with Gasteiger partial charge in [-0.25, -0.2) is 0 Å². The first kappa shape index (κ1) is 20.5. The smallest absolute Gasteiger partial charge is 0.244 e. The van der Waals surface area contributed by atoms with Crippen LogP contribution < -0.4 is 15.5 Å². The van der Waals surface area contributed by atoms with Crippen molar-refractivity contribution in [3.05, 3.63) is 52.5 Å². The number of rotatable bonds is 5. The van der Waals surface area contributed by atoms with E-state index < -0.39 is 0 Å². The molecule has 142 valence electrons. The van der Waals surface area contributed by atoms with Crippen LogP contribution in [0.1, 0.15) is 25.0 Å². The molecule has 7 heteroatoms. The van der Waals surface area contributed by atoms with E-state index in [1.54, 1.807) is 30.3 Å². The van der Waals surface area contributed by atoms with Gasteiger partial charge < -0.3 is 15.5 Å². The summed E-state index contributed by atoms with van der Waals surface area (Å²) in [6, 6.07) is 10.4. The van der Waals surface area contributed by atoms with E-state index in [0.717, 1.165) is 11.1 Å². The fourth-order valence-electron chi connectivity index (χ4n) is 2.82. The van der Waals surface area contributed by atoms with E-state index in [0.29, 0.717) is 22.1 Å². The van der Waals surface area contributed by atoms with Crippen molar-refractivity contribution in [2.24, 2.45) is 0 Å². The highest BCUT2D eigenvalue weighted by molar-refractivity contribution is 6.34. The summed E-state index contributed by atoms with van der Waals surface area (Å²) in [5, 5.41) is 5.80. The molecule has 2 aromatic carbocycles. The molecule has 2 N–H and O–H groups in total. The second-order valence-electron chi connectivity index (χ2n) is 6.33. The van der Waals surface area contributed by atoms with Gasteiger partial charge in [-0.3, -0.25) is 14.4 Å². The third kappa shape index (κ3) is 5.56. The normalized spacial score (nSPS) is 10.3. The summed E-state index contributed by atoms with van der Waals surface area (Å²) >= 11 is 6.32. The topological polar surface area (TPSA) is 78.5 Å². The molecule has 0 fully saturated rings. The minimum atomic E-state index is -0.374. The standard InChI is InChI=1S/C20H22ClN3O3/c1-12-8-13(2)20(18(21)9-12)24(15(4)26)11-19(27)23-17-7-5-6-16(10-17)22-14(3)25/h5-10H,11H2,1-4H3,(H,22,25)(H,23,27). The lowest BCUT2D eigenvalue weighted by Crippen LogP contribution is -2.37. The Balaban J connectivity index is 2.19. The lowest BCUT2D eigenvalue weighted by atomic mass is 10.1. The molecule has 0 heterocycles. The van der Waals surface area contributed by atoms with Crippen LogP contribution in [0.25, 0.3) is 0 Å². The summed E-state index contributed by atoms with van der Waals surface area (Å²) in [4.78, 5) is 37.1. The fourth-order valence-corrected chi connectivity index (χ4v) is 3.24. The summed E-state index contributed by atoms with van der Waals surface area (Å²) in [5.41, 5.74) is 3.40. The predicted molar refractivity (Wildman–Crippen MR) is 108 cm³/mol. The van der Waals surface area contributed by atoms with Gasteiger partial charge in [0.05, 0.1) is 10.7 Å². The Morgan fingerprint density at radius 3 is 2.19 bits per heavy atom. The van der Waals surface area contributed by atoms with Crippen molar-refractivity contribution in [3.8, 4) is 0 Å². The largest absolute Gasteiger partial charge is 0.326 e. The molecule has 0 saturated carbocycles. The molecule has 0 saturated heterocycles. The second-order valence-corrected chi connectivity index (χ2v) is 6.73. The molecule has 0 bridgehead atoms. The fraction of sp³-hybridized carbons (Fsp3) is 0.250. The molecule has 2 aromatic rings. The molecule has 0 aromatic heterocycles. The zero-order valence-electron chi connectivity index (χ0n) is 15.7. The van der Waals surface area contributed by atoms with Crippen molar-refractivity contribution in [2.45, 2.75) is 27.7 Å². The lowest BCUT2D eigenvalue weighted by Gasteiger charge is -2.24. The molecule has 6 nitrogen and oxygen atoms in total. The van der Waals surface area contributed by atoms with Crippen molar-refractivity contribution in [3.63, 3.8) is 0 Å². The number of nitrogens with zero attached hydrogens (tertiary/aromatic N) is 1. The van der Waals surface area contributed by atoms with Crippen LogP contribution in [0.5, 0.6) is 0 Å². The number of aryl methyl sites for hydroxylation is 2. The number of halogens is 1. The first-order valence-corrected chi connectivity index (χ1v) is 8.77. The quantitative estimate of drug-likeness (QED) is 0.816. The third-order valence-corrected chi connectivity index (χ3v) is 4.10. The van der Waals surface area contributed by atoms with Gasteiger partial charge in [0.1, 0.15) is 6.54 Å². The number of hydrogen-bond acceptors (Lipinski definition) is 3. The molecule has 0 aliphatic heterocycles. The maximum absolute atomic E-state index is 12.5. The van der Waals surface area contributed by atoms with Gasteiger partial charge in [0, 0.05) is 25.2 Å². The van der Waals surface area contributed by atoms with Crippen molar-refractivity contribution in [2.75, 3.05) is 22.1 Å². The summed E-state index contributed by atoms with van der Waals surface area (Å²) in [6.07, 6.45) is 0. The predicted octanol–water partition coefficient (Wildman–Crippen LogP) is 3.91. The number of anilines is 3. The van der Waals surface area contributed by atoms with Crippen LogP contribution in [0, 0.1) is 13.8 Å². The van der Waals surface area contributed by atoms with E-state index in [1.165, 1.54) is 18.7 Å². The highest BCUT2D eigenvalue weighted by atomic mass is 35.5. The lowest BCUT2D eigenvalue weighted by molar-refractivity contribution is -0.120. The van der Waals surface area contributed by atoms with E-state index in [1.807, 2.05) is 19.9 Å². The highest BCUT2D eigenvalue weighted by Gasteiger charge is 2.20. The number of carbonyl (C=O) groups is 3. The molecule has 0 aliphatic rings. The van der Waals surface area contributed by atoms with Gasteiger partial charge in [0.25, 0.3) is 0 Å². The number of benzene rings is 2. The van der Waals surface area contributed by atoms with Gasteiger partial charge in [-0.2, -0.15) is 0 Å². The van der Waals surface area contributed by atoms with Crippen LogP contribution in [0.15, 0.2) is 36.4 Å². The van der Waals surface area contributed by atoms with Crippen LogP contribution >= 0.6 is 11.6 Å². The molecule has 0 unspecified atom stereocenters. The van der Waals surface area contributed by atoms with Gasteiger partial charge in [-0.05, 0) is 49.2 Å². The Kier molecular flexibility index (Phi) is 6.58. The number of nitrogens with one attached hydrogen (secondary N) is 2. The maximum Gasteiger partial charge on any atom is 0.244 e. The third-order valence-electron chi connectivity index (χ3n) is 3.82. The SMILES string of the molecule is CC(=O)Nc1cccc(NC(=O)CN(C(C)=O)c2c(C)cc(C)cc2Cl)c1. The minimum Gasteiger partial charge on any atom is -0.326 e. The van der Waals surface area contributed by atoms with E-state index in [-0.39, 0.29) is 24.3 Å². The van der Waals surface area contributed by atoms with E-state index in [9.17, 15) is 14.4 Å². The van der Waals surface area contributed by atoms with Gasteiger partial charge in [0.2, 0.25) is 17.7 Å². The average Bonchev–Trinajstić information content (AvgIpc) is 2.52. The van der Waals surface area contributed by atoms with Gasteiger partial charge in [-0.1, -0.05) is 23.7 Å². The van der Waals surface area contributed by atoms with Crippen LogP contribution in [-0.2, 0) is 14.4 Å². The number of hydrogen-bond donors (Lipinski definition) is 2. The molecule has 3 amide bonds. The van der Waals surface area contributed by atoms with Gasteiger partial charge in [0.15, 0.2) is 0 Å². The first-order chi connectivity index (χ1) is 12.7. The Bertz CT molecular complexity index is 873. The van der Waals surface area contributed by atoms with Gasteiger partial charge >= 0.3 is 0 Å². The van der Waals surface area contributed by atoms with Crippen LogP contribution in [-0.4, -0.2) is 24.3 Å². The van der Waals surface area contributed by atoms with Crippen LogP contribution in [0.2, 0.25) is 5.02 Å². The monoisotopic (exact) mass is 387 g/mol.